The molecule has 0 saturated heterocycles. The van der Waals surface area contributed by atoms with Crippen molar-refractivity contribution in [1.29, 1.82) is 0 Å². The molecule has 0 fully saturated rings. The zero-order valence-electron chi connectivity index (χ0n) is 12.1. The van der Waals surface area contributed by atoms with Crippen molar-refractivity contribution < 1.29 is 13.2 Å². The first-order chi connectivity index (χ1) is 10.8. The fourth-order valence-electron chi connectivity index (χ4n) is 1.72. The Morgan fingerprint density at radius 2 is 1.96 bits per heavy atom. The van der Waals surface area contributed by atoms with Gasteiger partial charge in [-0.05, 0) is 30.7 Å². The summed E-state index contributed by atoms with van der Waals surface area (Å²) in [5, 5.41) is 3.02. The standard InChI is InChI=1S/C14H14Cl2N2O3S2/c1-2-9-6-7-13(22-9)23(20,21)17-8-12(19)18-11-5-3-4-10(15)14(11)16/h3-7,17H,2,8H2,1H3,(H,18,19). The van der Waals surface area contributed by atoms with Crippen LogP contribution in [0.25, 0.3) is 0 Å². The van der Waals surface area contributed by atoms with Gasteiger partial charge in [0.15, 0.2) is 0 Å². The average molecular weight is 393 g/mol. The van der Waals surface area contributed by atoms with Gasteiger partial charge in [-0.25, -0.2) is 13.1 Å². The van der Waals surface area contributed by atoms with Gasteiger partial charge >= 0.3 is 0 Å². The minimum atomic E-state index is -3.71. The molecule has 0 aliphatic rings. The number of sulfonamides is 1. The number of anilines is 1. The molecule has 0 radical (unpaired) electrons. The summed E-state index contributed by atoms with van der Waals surface area (Å²) in [5.41, 5.74) is 0.327. The fraction of sp³-hybridized carbons (Fsp3) is 0.214. The van der Waals surface area contributed by atoms with Crippen LogP contribution in [0.4, 0.5) is 5.69 Å². The minimum Gasteiger partial charge on any atom is -0.324 e. The zero-order valence-corrected chi connectivity index (χ0v) is 15.2. The first-order valence-electron chi connectivity index (χ1n) is 6.65. The van der Waals surface area contributed by atoms with E-state index in [-0.39, 0.29) is 9.23 Å². The van der Waals surface area contributed by atoms with Crippen LogP contribution in [0.3, 0.4) is 0 Å². The average Bonchev–Trinajstić information content (AvgIpc) is 3.00. The number of hydrogen-bond acceptors (Lipinski definition) is 4. The lowest BCUT2D eigenvalue weighted by Crippen LogP contribution is -2.32. The molecule has 0 bridgehead atoms. The summed E-state index contributed by atoms with van der Waals surface area (Å²) in [5.74, 6) is -0.537. The predicted molar refractivity (Wildman–Crippen MR) is 94.0 cm³/mol. The second kappa shape index (κ2) is 7.63. The smallest absolute Gasteiger partial charge is 0.250 e. The molecule has 0 aliphatic carbocycles. The Kier molecular flexibility index (Phi) is 6.05. The van der Waals surface area contributed by atoms with Crippen LogP contribution in [0.1, 0.15) is 11.8 Å². The number of aryl methyl sites for hydroxylation is 1. The predicted octanol–water partition coefficient (Wildman–Crippen LogP) is 3.53. The number of nitrogens with one attached hydrogen (secondary N) is 2. The van der Waals surface area contributed by atoms with Gasteiger partial charge in [0.05, 0.1) is 22.3 Å². The minimum absolute atomic E-state index is 0.183. The molecular formula is C14H14Cl2N2O3S2. The zero-order chi connectivity index (χ0) is 17.0. The lowest BCUT2D eigenvalue weighted by Gasteiger charge is -2.09. The Morgan fingerprint density at radius 3 is 2.61 bits per heavy atom. The van der Waals surface area contributed by atoms with E-state index < -0.39 is 22.5 Å². The highest BCUT2D eigenvalue weighted by atomic mass is 35.5. The lowest BCUT2D eigenvalue weighted by molar-refractivity contribution is -0.115. The van der Waals surface area contributed by atoms with Crippen LogP contribution in [-0.2, 0) is 21.2 Å². The van der Waals surface area contributed by atoms with E-state index >= 15 is 0 Å². The first-order valence-corrected chi connectivity index (χ1v) is 9.71. The molecular weight excluding hydrogens is 379 g/mol. The summed E-state index contributed by atoms with van der Waals surface area (Å²) >= 11 is 13.0. The molecule has 1 amide bonds. The highest BCUT2D eigenvalue weighted by Gasteiger charge is 2.18. The number of rotatable bonds is 6. The molecule has 2 aromatic rings. The fourth-order valence-corrected chi connectivity index (χ4v) is 4.39. The Bertz CT molecular complexity index is 819. The summed E-state index contributed by atoms with van der Waals surface area (Å²) in [6.45, 7) is 1.54. The molecule has 0 saturated carbocycles. The molecule has 1 aromatic carbocycles. The SMILES string of the molecule is CCc1ccc(S(=O)(=O)NCC(=O)Nc2cccc(Cl)c2Cl)s1. The van der Waals surface area contributed by atoms with Gasteiger partial charge in [0, 0.05) is 4.88 Å². The monoisotopic (exact) mass is 392 g/mol. The van der Waals surface area contributed by atoms with Crippen molar-refractivity contribution in [1.82, 2.24) is 4.72 Å². The Hall–Kier alpha value is -1.12. The summed E-state index contributed by atoms with van der Waals surface area (Å²) in [6.07, 6.45) is 0.758. The van der Waals surface area contributed by atoms with Crippen molar-refractivity contribution in [3.8, 4) is 0 Å². The van der Waals surface area contributed by atoms with Gasteiger partial charge in [-0.15, -0.1) is 11.3 Å². The van der Waals surface area contributed by atoms with Crippen LogP contribution in [0.15, 0.2) is 34.5 Å². The van der Waals surface area contributed by atoms with Crippen LogP contribution in [0.5, 0.6) is 0 Å². The van der Waals surface area contributed by atoms with Crippen molar-refractivity contribution in [3.63, 3.8) is 0 Å². The maximum Gasteiger partial charge on any atom is 0.250 e. The summed E-state index contributed by atoms with van der Waals surface area (Å²) in [7, 11) is -3.71. The third-order valence-electron chi connectivity index (χ3n) is 2.90. The van der Waals surface area contributed by atoms with E-state index in [9.17, 15) is 13.2 Å². The number of halogens is 2. The van der Waals surface area contributed by atoms with Crippen LogP contribution in [-0.4, -0.2) is 20.9 Å². The van der Waals surface area contributed by atoms with Crippen LogP contribution >= 0.6 is 34.5 Å². The van der Waals surface area contributed by atoms with E-state index in [1.165, 1.54) is 17.4 Å². The van der Waals surface area contributed by atoms with Gasteiger partial charge in [0.25, 0.3) is 10.0 Å². The number of amides is 1. The summed E-state index contributed by atoms with van der Waals surface area (Å²) < 4.78 is 26.7. The second-order valence-electron chi connectivity index (χ2n) is 4.55. The molecule has 9 heteroatoms. The van der Waals surface area contributed by atoms with E-state index in [2.05, 4.69) is 10.0 Å². The quantitative estimate of drug-likeness (QED) is 0.789. The van der Waals surface area contributed by atoms with Crippen LogP contribution in [0, 0.1) is 0 Å². The Morgan fingerprint density at radius 1 is 1.22 bits per heavy atom. The van der Waals surface area contributed by atoms with Gasteiger partial charge in [0.2, 0.25) is 5.91 Å². The van der Waals surface area contributed by atoms with Gasteiger partial charge in [-0.2, -0.15) is 0 Å². The molecule has 0 spiro atoms. The molecule has 1 aromatic heterocycles. The van der Waals surface area contributed by atoms with Crippen LogP contribution in [0.2, 0.25) is 10.0 Å². The van der Waals surface area contributed by atoms with Crippen molar-refractivity contribution in [2.75, 3.05) is 11.9 Å². The van der Waals surface area contributed by atoms with E-state index in [0.717, 1.165) is 11.3 Å². The third kappa shape index (κ3) is 4.68. The van der Waals surface area contributed by atoms with E-state index in [0.29, 0.717) is 10.7 Å². The number of benzene rings is 1. The van der Waals surface area contributed by atoms with Gasteiger partial charge < -0.3 is 5.32 Å². The van der Waals surface area contributed by atoms with Crippen molar-refractivity contribution in [3.05, 3.63) is 45.3 Å². The second-order valence-corrected chi connectivity index (χ2v) is 8.50. The Labute approximate surface area is 148 Å². The topological polar surface area (TPSA) is 75.3 Å². The molecule has 2 N–H and O–H groups in total. The molecule has 23 heavy (non-hydrogen) atoms. The van der Waals surface area contributed by atoms with Crippen LogP contribution < -0.4 is 10.0 Å². The summed E-state index contributed by atoms with van der Waals surface area (Å²) in [4.78, 5) is 12.8. The molecule has 0 unspecified atom stereocenters. The van der Waals surface area contributed by atoms with Gasteiger partial charge in [0.1, 0.15) is 4.21 Å². The van der Waals surface area contributed by atoms with Crippen molar-refractivity contribution in [2.45, 2.75) is 17.6 Å². The van der Waals surface area contributed by atoms with Gasteiger partial charge in [-0.3, -0.25) is 4.79 Å². The van der Waals surface area contributed by atoms with E-state index in [1.807, 2.05) is 6.92 Å². The number of hydrogen-bond donors (Lipinski definition) is 2. The van der Waals surface area contributed by atoms with E-state index in [4.69, 9.17) is 23.2 Å². The van der Waals surface area contributed by atoms with Gasteiger partial charge in [-0.1, -0.05) is 36.2 Å². The molecule has 0 atom stereocenters. The Balaban J connectivity index is 1.99. The first kappa shape index (κ1) is 18.2. The highest BCUT2D eigenvalue weighted by Crippen LogP contribution is 2.29. The molecule has 124 valence electrons. The maximum atomic E-state index is 12.1. The van der Waals surface area contributed by atoms with Crippen molar-refractivity contribution in [2.24, 2.45) is 0 Å². The lowest BCUT2D eigenvalue weighted by atomic mass is 10.3. The normalized spacial score (nSPS) is 11.4. The largest absolute Gasteiger partial charge is 0.324 e. The molecule has 0 aliphatic heterocycles. The van der Waals surface area contributed by atoms with E-state index in [1.54, 1.807) is 24.3 Å². The number of carbonyl (C=O) groups is 1. The maximum absolute atomic E-state index is 12.1. The third-order valence-corrected chi connectivity index (χ3v) is 6.84. The highest BCUT2D eigenvalue weighted by molar-refractivity contribution is 7.91. The number of carbonyl (C=O) groups excluding carboxylic acids is 1. The number of thiophene rings is 1. The summed E-state index contributed by atoms with van der Waals surface area (Å²) in [6, 6.07) is 8.08. The molecule has 2 rings (SSSR count). The van der Waals surface area contributed by atoms with Crippen molar-refractivity contribution >= 4 is 56.2 Å². The molecule has 5 nitrogen and oxygen atoms in total. The molecule has 1 heterocycles.